The number of nitrogens with zero attached hydrogens (tertiary/aromatic N) is 1. The molecule has 2 aliphatic rings. The normalized spacial score (nSPS) is 27.6. The van der Waals surface area contributed by atoms with Gasteiger partial charge in [-0.2, -0.15) is 0 Å². The minimum absolute atomic E-state index is 0.123. The molecule has 1 fully saturated rings. The number of rotatable bonds is 12. The molecule has 176 valence electrons. The zero-order valence-corrected chi connectivity index (χ0v) is 20.8. The number of aliphatic hydroxyl groups is 2. The highest BCUT2D eigenvalue weighted by atomic mass is 16.3. The molecule has 3 nitrogen and oxygen atoms in total. The third kappa shape index (κ3) is 7.77. The van der Waals surface area contributed by atoms with Crippen molar-refractivity contribution in [2.45, 2.75) is 111 Å². The minimum atomic E-state index is -0.489. The van der Waals surface area contributed by atoms with Gasteiger partial charge in [0.05, 0.1) is 12.2 Å². The fourth-order valence-corrected chi connectivity index (χ4v) is 5.54. The van der Waals surface area contributed by atoms with Crippen molar-refractivity contribution < 1.29 is 10.2 Å². The van der Waals surface area contributed by atoms with Crippen molar-refractivity contribution in [1.82, 2.24) is 4.90 Å². The van der Waals surface area contributed by atoms with E-state index in [0.29, 0.717) is 30.3 Å². The van der Waals surface area contributed by atoms with Crippen LogP contribution in [0, 0.1) is 35.5 Å². The van der Waals surface area contributed by atoms with Crippen LogP contribution in [-0.4, -0.2) is 45.9 Å². The summed E-state index contributed by atoms with van der Waals surface area (Å²) in [6.07, 6.45) is 13.4. The molecule has 1 saturated carbocycles. The van der Waals surface area contributed by atoms with E-state index in [9.17, 15) is 10.2 Å². The van der Waals surface area contributed by atoms with Crippen LogP contribution < -0.4 is 0 Å². The number of fused-ring (bicyclic) bond motifs is 1. The molecule has 0 aliphatic heterocycles. The highest BCUT2D eigenvalue weighted by molar-refractivity contribution is 5.21. The molecule has 0 aromatic heterocycles. The van der Waals surface area contributed by atoms with Gasteiger partial charge in [0.15, 0.2) is 0 Å². The summed E-state index contributed by atoms with van der Waals surface area (Å²) in [5.41, 5.74) is 1.59. The second-order valence-electron chi connectivity index (χ2n) is 10.5. The summed E-state index contributed by atoms with van der Waals surface area (Å²) in [6.45, 7) is 14.2. The fraction of sp³-hybridized carbons (Fsp3) is 0.786. The Kier molecular flexibility index (Phi) is 10.8. The van der Waals surface area contributed by atoms with Crippen molar-refractivity contribution in [3.63, 3.8) is 0 Å². The summed E-state index contributed by atoms with van der Waals surface area (Å²) in [7, 11) is 0. The monoisotopic (exact) mass is 429 g/mol. The molecular weight excluding hydrogens is 382 g/mol. The molecule has 0 spiro atoms. The molecule has 0 heterocycles. The standard InChI is InChI=1S/C28H47NO2/c1-7-8-12-22(6)27(30)15-14-25-26-18-23(17-24(26)19-28(25)31)13-10-9-11-16-29(20(2)3)21(4)5/h14-15,17,20-22,24-28,30-31H,9-13,16,18-19H2,1-6H3/b15-14+/t22-,24-,25+,26-,27+,28+/m0/s1. The lowest BCUT2D eigenvalue weighted by Crippen LogP contribution is -2.37. The summed E-state index contributed by atoms with van der Waals surface area (Å²) >= 11 is 0. The quantitative estimate of drug-likeness (QED) is 0.242. The lowest BCUT2D eigenvalue weighted by Gasteiger charge is -2.30. The summed E-state index contributed by atoms with van der Waals surface area (Å²) in [6, 6.07) is 1.24. The highest BCUT2D eigenvalue weighted by Gasteiger charge is 2.43. The van der Waals surface area contributed by atoms with Crippen LogP contribution in [0.15, 0.2) is 23.8 Å². The van der Waals surface area contributed by atoms with Gasteiger partial charge < -0.3 is 10.2 Å². The maximum atomic E-state index is 10.6. The van der Waals surface area contributed by atoms with E-state index >= 15 is 0 Å². The third-order valence-corrected chi connectivity index (χ3v) is 7.41. The topological polar surface area (TPSA) is 43.7 Å². The van der Waals surface area contributed by atoms with Crippen molar-refractivity contribution in [1.29, 1.82) is 0 Å². The third-order valence-electron chi connectivity index (χ3n) is 7.41. The molecule has 2 aliphatic carbocycles. The van der Waals surface area contributed by atoms with E-state index in [0.717, 1.165) is 12.8 Å². The Morgan fingerprint density at radius 3 is 2.48 bits per heavy atom. The lowest BCUT2D eigenvalue weighted by molar-refractivity contribution is 0.137. The van der Waals surface area contributed by atoms with Crippen molar-refractivity contribution in [3.8, 4) is 11.8 Å². The van der Waals surface area contributed by atoms with Gasteiger partial charge in [-0.1, -0.05) is 37.1 Å². The Hall–Kier alpha value is -1.08. The van der Waals surface area contributed by atoms with E-state index in [1.807, 2.05) is 19.9 Å². The molecule has 0 radical (unpaired) electrons. The van der Waals surface area contributed by atoms with Gasteiger partial charge >= 0.3 is 0 Å². The minimum Gasteiger partial charge on any atom is -0.392 e. The Labute approximate surface area is 192 Å². The molecule has 2 rings (SSSR count). The summed E-state index contributed by atoms with van der Waals surface area (Å²) in [4.78, 5) is 2.58. The highest BCUT2D eigenvalue weighted by Crippen LogP contribution is 2.48. The van der Waals surface area contributed by atoms with Crippen LogP contribution in [-0.2, 0) is 0 Å². The van der Waals surface area contributed by atoms with Crippen LogP contribution in [0.25, 0.3) is 0 Å². The van der Waals surface area contributed by atoms with E-state index in [-0.39, 0.29) is 17.9 Å². The van der Waals surface area contributed by atoms with E-state index in [1.165, 1.54) is 32.2 Å². The second-order valence-corrected chi connectivity index (χ2v) is 10.5. The van der Waals surface area contributed by atoms with Crippen LogP contribution >= 0.6 is 0 Å². The van der Waals surface area contributed by atoms with Crippen molar-refractivity contribution in [2.24, 2.45) is 23.7 Å². The summed E-state index contributed by atoms with van der Waals surface area (Å²) < 4.78 is 0. The molecular formula is C28H47NO2. The molecule has 6 atom stereocenters. The molecule has 0 bridgehead atoms. The number of allylic oxidation sites excluding steroid dienone is 2. The first kappa shape index (κ1) is 26.2. The summed E-state index contributed by atoms with van der Waals surface area (Å²) in [5.74, 6) is 7.26. The van der Waals surface area contributed by atoms with Gasteiger partial charge in [0.25, 0.3) is 0 Å². The number of hydrogen-bond donors (Lipinski definition) is 2. The van der Waals surface area contributed by atoms with Gasteiger partial charge in [-0.3, -0.25) is 4.90 Å². The predicted molar refractivity (Wildman–Crippen MR) is 132 cm³/mol. The van der Waals surface area contributed by atoms with Crippen LogP contribution in [0.1, 0.15) is 86.5 Å². The largest absolute Gasteiger partial charge is 0.392 e. The SMILES string of the molecule is CC#CC[C@H](C)[C@H](O)/C=C/[C@@H]1[C@H]2CC(CCCCCN(C(C)C)C(C)C)=C[C@H]2C[C@H]1O. The molecule has 0 saturated heterocycles. The lowest BCUT2D eigenvalue weighted by atomic mass is 9.88. The zero-order valence-electron chi connectivity index (χ0n) is 20.8. The first-order valence-corrected chi connectivity index (χ1v) is 12.6. The van der Waals surface area contributed by atoms with E-state index in [2.05, 4.69) is 56.6 Å². The molecule has 3 heteroatoms. The van der Waals surface area contributed by atoms with E-state index < -0.39 is 6.10 Å². The van der Waals surface area contributed by atoms with Crippen molar-refractivity contribution in [2.75, 3.05) is 6.54 Å². The van der Waals surface area contributed by atoms with Crippen LogP contribution in [0.2, 0.25) is 0 Å². The van der Waals surface area contributed by atoms with Gasteiger partial charge in [-0.25, -0.2) is 0 Å². The smallest absolute Gasteiger partial charge is 0.0755 e. The van der Waals surface area contributed by atoms with Gasteiger partial charge in [-0.05, 0) is 91.0 Å². The first-order valence-electron chi connectivity index (χ1n) is 12.6. The maximum Gasteiger partial charge on any atom is 0.0755 e. The number of unbranched alkanes of at least 4 members (excludes halogenated alkanes) is 2. The fourth-order valence-electron chi connectivity index (χ4n) is 5.54. The molecule has 0 aromatic carbocycles. The second kappa shape index (κ2) is 12.8. The maximum absolute atomic E-state index is 10.6. The van der Waals surface area contributed by atoms with Gasteiger partial charge in [-0.15, -0.1) is 11.8 Å². The van der Waals surface area contributed by atoms with Crippen molar-refractivity contribution >= 4 is 0 Å². The Morgan fingerprint density at radius 2 is 1.84 bits per heavy atom. The van der Waals surface area contributed by atoms with Gasteiger partial charge in [0, 0.05) is 24.4 Å². The molecule has 0 unspecified atom stereocenters. The number of hydrogen-bond acceptors (Lipinski definition) is 3. The molecule has 2 N–H and O–H groups in total. The first-order chi connectivity index (χ1) is 14.7. The average Bonchev–Trinajstić information content (AvgIpc) is 3.22. The van der Waals surface area contributed by atoms with E-state index in [1.54, 1.807) is 5.57 Å². The summed E-state index contributed by atoms with van der Waals surface area (Å²) in [5, 5.41) is 21.0. The molecule has 31 heavy (non-hydrogen) atoms. The predicted octanol–water partition coefficient (Wildman–Crippen LogP) is 5.58. The zero-order chi connectivity index (χ0) is 23.0. The average molecular weight is 430 g/mol. The number of aliphatic hydroxyl groups excluding tert-OH is 2. The van der Waals surface area contributed by atoms with Crippen LogP contribution in [0.4, 0.5) is 0 Å². The van der Waals surface area contributed by atoms with Gasteiger partial charge in [0.1, 0.15) is 0 Å². The molecule has 0 aromatic rings. The Morgan fingerprint density at radius 1 is 1.13 bits per heavy atom. The van der Waals surface area contributed by atoms with E-state index in [4.69, 9.17) is 0 Å². The Balaban J connectivity index is 1.77. The molecule has 0 amide bonds. The van der Waals surface area contributed by atoms with Crippen LogP contribution in [0.3, 0.4) is 0 Å². The van der Waals surface area contributed by atoms with Crippen molar-refractivity contribution in [3.05, 3.63) is 23.8 Å². The van der Waals surface area contributed by atoms with Crippen LogP contribution in [0.5, 0.6) is 0 Å². The van der Waals surface area contributed by atoms with Gasteiger partial charge in [0.2, 0.25) is 0 Å². The Bertz CT molecular complexity index is 646.